The summed E-state index contributed by atoms with van der Waals surface area (Å²) in [7, 11) is -3.50. The van der Waals surface area contributed by atoms with Crippen LogP contribution in [-0.2, 0) is 21.3 Å². The highest BCUT2D eigenvalue weighted by molar-refractivity contribution is 7.89. The zero-order valence-electron chi connectivity index (χ0n) is 12.9. The molecule has 2 heterocycles. The Hall–Kier alpha value is -1.39. The molecule has 0 amide bonds. The fraction of sp³-hybridized carbons (Fsp3) is 0.643. The molecule has 1 unspecified atom stereocenters. The number of alkyl halides is 3. The topological polar surface area (TPSA) is 77.5 Å². The van der Waals surface area contributed by atoms with Crippen molar-refractivity contribution in [3.8, 4) is 5.88 Å². The molecule has 0 radical (unpaired) electrons. The lowest BCUT2D eigenvalue weighted by atomic mass is 10.1. The summed E-state index contributed by atoms with van der Waals surface area (Å²) in [6.45, 7) is -0.412. The number of nitrogens with zero attached hydrogens (tertiary/aromatic N) is 1. The Morgan fingerprint density at radius 1 is 1.42 bits per heavy atom. The monoisotopic (exact) mass is 368 g/mol. The minimum absolute atomic E-state index is 0.0322. The third kappa shape index (κ3) is 7.02. The first-order chi connectivity index (χ1) is 11.2. The average molecular weight is 368 g/mol. The maximum absolute atomic E-state index is 12.1. The SMILES string of the molecule is O=S(=O)(CC1CCCOC1)NCc1ccnc(OCC(F)(F)F)c1. The maximum Gasteiger partial charge on any atom is 0.422 e. The molecule has 2 rings (SSSR count). The summed E-state index contributed by atoms with van der Waals surface area (Å²) in [5.41, 5.74) is 0.464. The fourth-order valence-corrected chi connectivity index (χ4v) is 3.68. The van der Waals surface area contributed by atoms with Crippen LogP contribution in [-0.4, -0.2) is 45.2 Å². The van der Waals surface area contributed by atoms with Gasteiger partial charge in [0.15, 0.2) is 6.61 Å². The largest absolute Gasteiger partial charge is 0.468 e. The lowest BCUT2D eigenvalue weighted by Gasteiger charge is -2.21. The number of halogens is 3. The first-order valence-corrected chi connectivity index (χ1v) is 9.08. The van der Waals surface area contributed by atoms with E-state index in [2.05, 4.69) is 14.4 Å². The van der Waals surface area contributed by atoms with Gasteiger partial charge < -0.3 is 9.47 Å². The van der Waals surface area contributed by atoms with Crippen LogP contribution in [0.4, 0.5) is 13.2 Å². The van der Waals surface area contributed by atoms with Crippen molar-refractivity contribution in [2.24, 2.45) is 5.92 Å². The van der Waals surface area contributed by atoms with Crippen molar-refractivity contribution in [3.63, 3.8) is 0 Å². The summed E-state index contributed by atoms with van der Waals surface area (Å²) >= 11 is 0. The molecule has 1 aromatic rings. The first kappa shape index (κ1) is 18.9. The molecular formula is C14H19F3N2O4S. The first-order valence-electron chi connectivity index (χ1n) is 7.43. The molecule has 1 aliphatic rings. The molecule has 10 heteroatoms. The lowest BCUT2D eigenvalue weighted by molar-refractivity contribution is -0.154. The van der Waals surface area contributed by atoms with Crippen molar-refractivity contribution in [2.75, 3.05) is 25.6 Å². The van der Waals surface area contributed by atoms with Gasteiger partial charge in [-0.1, -0.05) is 0 Å². The molecule has 0 spiro atoms. The van der Waals surface area contributed by atoms with Crippen LogP contribution in [0.15, 0.2) is 18.3 Å². The quantitative estimate of drug-likeness (QED) is 0.795. The number of rotatable bonds is 7. The van der Waals surface area contributed by atoms with Crippen molar-refractivity contribution in [1.29, 1.82) is 0 Å². The standard InChI is InChI=1S/C14H19F3N2O4S/c15-14(16,17)10-23-13-6-11(3-4-18-13)7-19-24(20,21)9-12-2-1-5-22-8-12/h3-4,6,12,19H,1-2,5,7-10H2. The van der Waals surface area contributed by atoms with E-state index in [1.165, 1.54) is 18.3 Å². The van der Waals surface area contributed by atoms with E-state index in [-0.39, 0.29) is 24.1 Å². The molecule has 1 atom stereocenters. The van der Waals surface area contributed by atoms with Crippen molar-refractivity contribution in [3.05, 3.63) is 23.9 Å². The van der Waals surface area contributed by atoms with E-state index in [9.17, 15) is 21.6 Å². The second-order valence-corrected chi connectivity index (χ2v) is 7.44. The summed E-state index contributed by atoms with van der Waals surface area (Å²) in [6.07, 6.45) is -1.55. The highest BCUT2D eigenvalue weighted by Crippen LogP contribution is 2.18. The fourth-order valence-electron chi connectivity index (χ4n) is 2.30. The third-order valence-corrected chi connectivity index (χ3v) is 4.88. The molecule has 136 valence electrons. The second-order valence-electron chi connectivity index (χ2n) is 5.59. The highest BCUT2D eigenvalue weighted by Gasteiger charge is 2.28. The van der Waals surface area contributed by atoms with Gasteiger partial charge in [-0.05, 0) is 30.4 Å². The van der Waals surface area contributed by atoms with Gasteiger partial charge >= 0.3 is 6.18 Å². The summed E-state index contributed by atoms with van der Waals surface area (Å²) < 4.78 is 72.7. The number of hydrogen-bond acceptors (Lipinski definition) is 5. The molecule has 0 aliphatic carbocycles. The number of hydrogen-bond donors (Lipinski definition) is 1. The maximum atomic E-state index is 12.1. The molecule has 0 aromatic carbocycles. The van der Waals surface area contributed by atoms with E-state index < -0.39 is 22.8 Å². The zero-order valence-corrected chi connectivity index (χ0v) is 13.7. The zero-order chi connectivity index (χ0) is 17.6. The minimum atomic E-state index is -4.46. The molecule has 1 fully saturated rings. The van der Waals surface area contributed by atoms with Crippen LogP contribution >= 0.6 is 0 Å². The predicted octanol–water partition coefficient (Wildman–Crippen LogP) is 1.87. The summed E-state index contributed by atoms with van der Waals surface area (Å²) in [5.74, 6) is -0.278. The van der Waals surface area contributed by atoms with Crippen LogP contribution in [0, 0.1) is 5.92 Å². The Kier molecular flexibility index (Phi) is 6.41. The molecule has 0 bridgehead atoms. The average Bonchev–Trinajstić information content (AvgIpc) is 2.52. The molecular weight excluding hydrogens is 349 g/mol. The Morgan fingerprint density at radius 2 is 2.21 bits per heavy atom. The van der Waals surface area contributed by atoms with Crippen molar-refractivity contribution < 1.29 is 31.1 Å². The van der Waals surface area contributed by atoms with Gasteiger partial charge in [0, 0.05) is 25.4 Å². The number of pyridine rings is 1. The van der Waals surface area contributed by atoms with Gasteiger partial charge in [0.2, 0.25) is 15.9 Å². The van der Waals surface area contributed by atoms with Gasteiger partial charge in [-0.2, -0.15) is 13.2 Å². The Balaban J connectivity index is 1.86. The molecule has 1 aromatic heterocycles. The number of aromatic nitrogens is 1. The molecule has 1 aliphatic heterocycles. The van der Waals surface area contributed by atoms with Gasteiger partial charge in [0.25, 0.3) is 0 Å². The Bertz CT molecular complexity index is 631. The Morgan fingerprint density at radius 3 is 2.88 bits per heavy atom. The van der Waals surface area contributed by atoms with E-state index in [1.54, 1.807) is 0 Å². The molecule has 0 saturated carbocycles. The van der Waals surface area contributed by atoms with Gasteiger partial charge in [-0.3, -0.25) is 0 Å². The molecule has 1 saturated heterocycles. The van der Waals surface area contributed by atoms with Gasteiger partial charge in [-0.15, -0.1) is 0 Å². The van der Waals surface area contributed by atoms with Crippen molar-refractivity contribution in [1.82, 2.24) is 9.71 Å². The lowest BCUT2D eigenvalue weighted by Crippen LogP contribution is -2.32. The number of ether oxygens (including phenoxy) is 2. The van der Waals surface area contributed by atoms with E-state index in [0.29, 0.717) is 18.8 Å². The minimum Gasteiger partial charge on any atom is -0.468 e. The summed E-state index contributed by atoms with van der Waals surface area (Å²) in [4.78, 5) is 3.66. The molecule has 6 nitrogen and oxygen atoms in total. The van der Waals surface area contributed by atoms with Gasteiger partial charge in [-0.25, -0.2) is 18.1 Å². The molecule has 1 N–H and O–H groups in total. The number of sulfonamides is 1. The van der Waals surface area contributed by atoms with E-state index in [4.69, 9.17) is 4.74 Å². The summed E-state index contributed by atoms with van der Waals surface area (Å²) in [6, 6.07) is 2.78. The van der Waals surface area contributed by atoms with Crippen molar-refractivity contribution in [2.45, 2.75) is 25.6 Å². The normalized spacial score (nSPS) is 19.2. The number of nitrogens with one attached hydrogen (secondary N) is 1. The van der Waals surface area contributed by atoms with E-state index >= 15 is 0 Å². The third-order valence-electron chi connectivity index (χ3n) is 3.39. The summed E-state index contributed by atoms with van der Waals surface area (Å²) in [5, 5.41) is 0. The van der Waals surface area contributed by atoms with E-state index in [1.807, 2.05) is 0 Å². The smallest absolute Gasteiger partial charge is 0.422 e. The second kappa shape index (κ2) is 8.13. The molecule has 24 heavy (non-hydrogen) atoms. The van der Waals surface area contributed by atoms with Crippen LogP contribution in [0.5, 0.6) is 5.88 Å². The van der Waals surface area contributed by atoms with Crippen LogP contribution in [0.3, 0.4) is 0 Å². The van der Waals surface area contributed by atoms with Crippen molar-refractivity contribution >= 4 is 10.0 Å². The van der Waals surface area contributed by atoms with Gasteiger partial charge in [0.1, 0.15) is 0 Å². The van der Waals surface area contributed by atoms with Crippen LogP contribution in [0.25, 0.3) is 0 Å². The van der Waals surface area contributed by atoms with Gasteiger partial charge in [0.05, 0.1) is 12.4 Å². The Labute approximate surface area is 138 Å². The van der Waals surface area contributed by atoms with Crippen LogP contribution in [0.2, 0.25) is 0 Å². The van der Waals surface area contributed by atoms with Crippen LogP contribution < -0.4 is 9.46 Å². The van der Waals surface area contributed by atoms with E-state index in [0.717, 1.165) is 12.8 Å². The van der Waals surface area contributed by atoms with Crippen LogP contribution in [0.1, 0.15) is 18.4 Å². The predicted molar refractivity (Wildman–Crippen MR) is 80.0 cm³/mol. The highest BCUT2D eigenvalue weighted by atomic mass is 32.2.